The zero-order chi connectivity index (χ0) is 37.4. The normalized spacial score (nSPS) is 12.3. The van der Waals surface area contributed by atoms with E-state index in [1.165, 1.54) is 16.5 Å². The Morgan fingerprint density at radius 1 is 0.660 bits per heavy atom. The van der Waals surface area contributed by atoms with Crippen LogP contribution >= 0.6 is 0 Å². The van der Waals surface area contributed by atoms with Crippen LogP contribution in [-0.4, -0.2) is 30.6 Å². The molecular formula is C47H44N4O2. The summed E-state index contributed by atoms with van der Waals surface area (Å²) in [5.41, 5.74) is 13.5. The van der Waals surface area contributed by atoms with Gasteiger partial charge >= 0.3 is 5.97 Å². The number of fused-ring (bicyclic) bond motifs is 4. The molecule has 0 spiro atoms. The van der Waals surface area contributed by atoms with Crippen molar-refractivity contribution in [2.45, 2.75) is 66.2 Å². The Kier molecular flexibility index (Phi) is 7.91. The highest BCUT2D eigenvalue weighted by molar-refractivity contribution is 6.13. The molecule has 0 saturated heterocycles. The van der Waals surface area contributed by atoms with Crippen molar-refractivity contribution >= 4 is 38.8 Å². The van der Waals surface area contributed by atoms with Crippen molar-refractivity contribution in [1.82, 2.24) is 19.5 Å². The minimum atomic E-state index is -1.08. The molecule has 8 rings (SSSR count). The molecule has 6 nitrogen and oxygen atoms in total. The number of carboxylic acids is 1. The van der Waals surface area contributed by atoms with Crippen molar-refractivity contribution in [1.29, 1.82) is 0 Å². The van der Waals surface area contributed by atoms with Gasteiger partial charge in [0, 0.05) is 33.1 Å². The molecule has 0 radical (unpaired) electrons. The third-order valence-electron chi connectivity index (χ3n) is 10.3. The highest BCUT2D eigenvalue weighted by atomic mass is 16.4. The third kappa shape index (κ3) is 6.08. The van der Waals surface area contributed by atoms with E-state index >= 15 is 0 Å². The Labute approximate surface area is 310 Å². The molecule has 0 atom stereocenters. The van der Waals surface area contributed by atoms with Crippen LogP contribution < -0.4 is 0 Å². The number of carbonyl (C=O) groups is 1. The van der Waals surface area contributed by atoms with Gasteiger partial charge in [0.25, 0.3) is 0 Å². The average Bonchev–Trinajstić information content (AvgIpc) is 3.69. The molecule has 3 heterocycles. The average molecular weight is 697 g/mol. The summed E-state index contributed by atoms with van der Waals surface area (Å²) in [4.78, 5) is 26.5. The number of pyridine rings is 1. The molecule has 3 aromatic heterocycles. The minimum absolute atomic E-state index is 0.00200. The number of H-pyrrole nitrogens is 1. The van der Waals surface area contributed by atoms with E-state index < -0.39 is 5.97 Å². The second-order valence-electron chi connectivity index (χ2n) is 16.4. The van der Waals surface area contributed by atoms with Gasteiger partial charge in [0.1, 0.15) is 11.5 Å². The van der Waals surface area contributed by atoms with Gasteiger partial charge in [-0.05, 0) is 113 Å². The van der Waals surface area contributed by atoms with Crippen LogP contribution in [0.1, 0.15) is 74.3 Å². The van der Waals surface area contributed by atoms with Gasteiger partial charge in [-0.2, -0.15) is 0 Å². The summed E-state index contributed by atoms with van der Waals surface area (Å²) >= 11 is 0. The standard InChI is InChI=1S/C47H44N4O2/c1-27-19-28(2)21-33(20-27)51-41-16-12-15-34(39-22-30(23-40(48-39)45(52)53)29-13-10-9-11-14-29)43(41)50-44(51)37-26-32(47(6,7)8)25-36-35-24-31(46(3,4)5)17-18-38(35)49-42(36)37/h9-26,49H,1-8H3,(H,52,53). The second kappa shape index (κ2) is 12.3. The molecule has 2 N–H and O–H groups in total. The number of benzene rings is 5. The van der Waals surface area contributed by atoms with E-state index in [1.807, 2.05) is 48.5 Å². The van der Waals surface area contributed by atoms with Gasteiger partial charge in [0.2, 0.25) is 0 Å². The first-order valence-corrected chi connectivity index (χ1v) is 18.2. The number of carboxylic acid groups (broad SMARTS) is 1. The number of rotatable bonds is 5. The van der Waals surface area contributed by atoms with Gasteiger partial charge in [0.05, 0.1) is 22.2 Å². The Hall–Kier alpha value is -6.01. The van der Waals surface area contributed by atoms with E-state index in [2.05, 4.69) is 125 Å². The first-order valence-electron chi connectivity index (χ1n) is 18.2. The van der Waals surface area contributed by atoms with Crippen LogP contribution in [0.15, 0.2) is 109 Å². The molecule has 0 unspecified atom stereocenters. The van der Waals surface area contributed by atoms with Crippen molar-refractivity contribution in [2.75, 3.05) is 0 Å². The van der Waals surface area contributed by atoms with E-state index in [4.69, 9.17) is 4.98 Å². The number of aromatic amines is 1. The fraction of sp³-hybridized carbons (Fsp3) is 0.213. The molecule has 0 saturated carbocycles. The summed E-state index contributed by atoms with van der Waals surface area (Å²) in [5.74, 6) is -0.277. The lowest BCUT2D eigenvalue weighted by Crippen LogP contribution is -2.11. The number of aromatic carboxylic acids is 1. The summed E-state index contributed by atoms with van der Waals surface area (Å²) in [6.45, 7) is 17.8. The van der Waals surface area contributed by atoms with E-state index in [0.29, 0.717) is 5.69 Å². The van der Waals surface area contributed by atoms with Crippen LogP contribution in [0.2, 0.25) is 0 Å². The number of aromatic nitrogens is 4. The summed E-state index contributed by atoms with van der Waals surface area (Å²) in [6.07, 6.45) is 0. The fourth-order valence-electron chi connectivity index (χ4n) is 7.48. The van der Waals surface area contributed by atoms with Crippen molar-refractivity contribution in [2.24, 2.45) is 0 Å². The molecule has 0 aliphatic heterocycles. The van der Waals surface area contributed by atoms with Crippen LogP contribution in [0.25, 0.3) is 72.3 Å². The van der Waals surface area contributed by atoms with Crippen LogP contribution in [0, 0.1) is 13.8 Å². The lowest BCUT2D eigenvalue weighted by molar-refractivity contribution is 0.0690. The molecule has 0 amide bonds. The summed E-state index contributed by atoms with van der Waals surface area (Å²) < 4.78 is 2.26. The van der Waals surface area contributed by atoms with Crippen molar-refractivity contribution in [3.05, 3.63) is 137 Å². The van der Waals surface area contributed by atoms with Crippen molar-refractivity contribution in [3.63, 3.8) is 0 Å². The smallest absolute Gasteiger partial charge is 0.354 e. The van der Waals surface area contributed by atoms with Crippen molar-refractivity contribution in [3.8, 4) is 39.5 Å². The predicted molar refractivity (Wildman–Crippen MR) is 218 cm³/mol. The van der Waals surface area contributed by atoms with E-state index in [0.717, 1.165) is 72.3 Å². The van der Waals surface area contributed by atoms with Gasteiger partial charge in [-0.25, -0.2) is 14.8 Å². The Morgan fingerprint density at radius 3 is 2.04 bits per heavy atom. The highest BCUT2D eigenvalue weighted by Crippen LogP contribution is 2.42. The molecule has 0 fully saturated rings. The molecule has 0 bridgehead atoms. The summed E-state index contributed by atoms with van der Waals surface area (Å²) in [7, 11) is 0. The predicted octanol–water partition coefficient (Wildman–Crippen LogP) is 12.0. The van der Waals surface area contributed by atoms with E-state index in [9.17, 15) is 9.90 Å². The molecule has 0 aliphatic carbocycles. The second-order valence-corrected chi connectivity index (χ2v) is 16.4. The van der Waals surface area contributed by atoms with Crippen LogP contribution in [0.5, 0.6) is 0 Å². The van der Waals surface area contributed by atoms with Gasteiger partial charge in [-0.1, -0.05) is 96.1 Å². The zero-order valence-electron chi connectivity index (χ0n) is 31.6. The number of para-hydroxylation sites is 1. The molecule has 6 heteroatoms. The van der Waals surface area contributed by atoms with E-state index in [-0.39, 0.29) is 16.5 Å². The van der Waals surface area contributed by atoms with Gasteiger partial charge < -0.3 is 10.1 Å². The number of nitrogens with one attached hydrogen (secondary N) is 1. The molecule has 5 aromatic carbocycles. The maximum Gasteiger partial charge on any atom is 0.354 e. The van der Waals surface area contributed by atoms with Crippen LogP contribution in [-0.2, 0) is 10.8 Å². The van der Waals surface area contributed by atoms with Crippen LogP contribution in [0.4, 0.5) is 0 Å². The monoisotopic (exact) mass is 696 g/mol. The number of hydrogen-bond acceptors (Lipinski definition) is 3. The molecule has 0 aliphatic rings. The topological polar surface area (TPSA) is 83.8 Å². The number of hydrogen-bond donors (Lipinski definition) is 2. The fourth-order valence-corrected chi connectivity index (χ4v) is 7.48. The first kappa shape index (κ1) is 34.1. The summed E-state index contributed by atoms with van der Waals surface area (Å²) in [6, 6.07) is 37.5. The third-order valence-corrected chi connectivity index (χ3v) is 10.3. The Balaban J connectivity index is 1.48. The largest absolute Gasteiger partial charge is 0.477 e. The minimum Gasteiger partial charge on any atom is -0.477 e. The number of aryl methyl sites for hydroxylation is 2. The molecule has 264 valence electrons. The Bertz CT molecular complexity index is 2720. The lowest BCUT2D eigenvalue weighted by Gasteiger charge is -2.21. The quantitative estimate of drug-likeness (QED) is 0.188. The highest BCUT2D eigenvalue weighted by Gasteiger charge is 2.26. The summed E-state index contributed by atoms with van der Waals surface area (Å²) in [5, 5.41) is 12.5. The maximum atomic E-state index is 12.4. The zero-order valence-corrected chi connectivity index (χ0v) is 31.6. The van der Waals surface area contributed by atoms with Crippen molar-refractivity contribution < 1.29 is 9.90 Å². The lowest BCUT2D eigenvalue weighted by atomic mass is 9.84. The van der Waals surface area contributed by atoms with Gasteiger partial charge in [-0.3, -0.25) is 4.57 Å². The first-order chi connectivity index (χ1) is 25.2. The molecular weight excluding hydrogens is 653 g/mol. The van der Waals surface area contributed by atoms with Crippen LogP contribution in [0.3, 0.4) is 0 Å². The maximum absolute atomic E-state index is 12.4. The SMILES string of the molecule is Cc1cc(C)cc(-n2c(-c3cc(C(C)(C)C)cc4c3[nH]c3ccc(C(C)(C)C)cc34)nc3c(-c4cc(-c5ccccc5)cc(C(=O)O)n4)cccc32)c1. The Morgan fingerprint density at radius 2 is 1.36 bits per heavy atom. The molecule has 53 heavy (non-hydrogen) atoms. The van der Waals surface area contributed by atoms with Gasteiger partial charge in [0.15, 0.2) is 0 Å². The number of nitrogens with zero attached hydrogens (tertiary/aromatic N) is 3. The molecule has 8 aromatic rings. The van der Waals surface area contributed by atoms with Gasteiger partial charge in [-0.15, -0.1) is 0 Å². The number of imidazole rings is 1. The van der Waals surface area contributed by atoms with E-state index in [1.54, 1.807) is 6.07 Å².